The first kappa shape index (κ1) is 11.9. The minimum absolute atomic E-state index is 0.0305. The molecule has 0 saturated carbocycles. The third kappa shape index (κ3) is 7.27. The molecule has 0 amide bonds. The number of ether oxygens (including phenoxy) is 3. The molecule has 0 spiro atoms. The number of methoxy groups -OCH3 is 1. The van der Waals surface area contributed by atoms with Crippen LogP contribution in [0.25, 0.3) is 0 Å². The van der Waals surface area contributed by atoms with E-state index in [1.807, 2.05) is 0 Å². The van der Waals surface area contributed by atoms with Gasteiger partial charge in [0.15, 0.2) is 6.10 Å². The Bertz CT molecular complexity index is 177. The molecule has 5 nitrogen and oxygen atoms in total. The van der Waals surface area contributed by atoms with E-state index in [-0.39, 0.29) is 13.2 Å². The highest BCUT2D eigenvalue weighted by atomic mass is 16.6. The summed E-state index contributed by atoms with van der Waals surface area (Å²) in [5, 5.41) is 0. The molecule has 76 valence electrons. The highest BCUT2D eigenvalue weighted by Gasteiger charge is 2.12. The molecule has 0 saturated heterocycles. The fraction of sp³-hybridized carbons (Fsp3) is 0.750. The van der Waals surface area contributed by atoms with Crippen LogP contribution in [0.4, 0.5) is 0 Å². The average molecular weight is 190 g/mol. The van der Waals surface area contributed by atoms with Crippen LogP contribution in [0.3, 0.4) is 0 Å². The minimum Gasteiger partial charge on any atom is -0.462 e. The summed E-state index contributed by atoms with van der Waals surface area (Å²) in [5.74, 6) is -0.831. The molecule has 5 heteroatoms. The lowest BCUT2D eigenvalue weighted by atomic mass is 10.4. The normalized spacial score (nSPS) is 11.9. The van der Waals surface area contributed by atoms with Gasteiger partial charge in [0.25, 0.3) is 0 Å². The molecule has 0 aliphatic heterocycles. The first-order chi connectivity index (χ1) is 6.06. The highest BCUT2D eigenvalue weighted by Crippen LogP contribution is 1.95. The predicted molar refractivity (Wildman–Crippen MR) is 44.1 cm³/mol. The van der Waals surface area contributed by atoms with Crippen molar-refractivity contribution in [1.82, 2.24) is 0 Å². The minimum atomic E-state index is -0.522. The van der Waals surface area contributed by atoms with Gasteiger partial charge in [0.1, 0.15) is 6.61 Å². The molecule has 0 fully saturated rings. The van der Waals surface area contributed by atoms with E-state index < -0.39 is 18.0 Å². The van der Waals surface area contributed by atoms with E-state index in [2.05, 4.69) is 4.74 Å². The molecular weight excluding hydrogens is 176 g/mol. The second-order valence-electron chi connectivity index (χ2n) is 2.49. The Balaban J connectivity index is 3.79. The summed E-state index contributed by atoms with van der Waals surface area (Å²) >= 11 is 0. The number of rotatable bonds is 5. The molecule has 0 aliphatic rings. The van der Waals surface area contributed by atoms with E-state index in [1.54, 1.807) is 0 Å². The Labute approximate surface area is 77.0 Å². The average Bonchev–Trinajstić information content (AvgIpc) is 1.99. The number of hydrogen-bond donors (Lipinski definition) is 0. The molecule has 13 heavy (non-hydrogen) atoms. The van der Waals surface area contributed by atoms with Crippen LogP contribution in [0, 0.1) is 0 Å². The van der Waals surface area contributed by atoms with Crippen molar-refractivity contribution in [3.8, 4) is 0 Å². The number of carbonyl (C=O) groups excluding carboxylic acids is 2. The van der Waals surface area contributed by atoms with E-state index >= 15 is 0 Å². The van der Waals surface area contributed by atoms with Crippen molar-refractivity contribution in [2.75, 3.05) is 20.3 Å². The Morgan fingerprint density at radius 3 is 2.15 bits per heavy atom. The molecule has 0 N–H and O–H groups in total. The Morgan fingerprint density at radius 1 is 1.15 bits per heavy atom. The van der Waals surface area contributed by atoms with E-state index in [0.29, 0.717) is 0 Å². The van der Waals surface area contributed by atoms with Crippen molar-refractivity contribution in [2.45, 2.75) is 20.0 Å². The van der Waals surface area contributed by atoms with E-state index in [0.717, 1.165) is 0 Å². The molecule has 0 aromatic carbocycles. The summed E-state index contributed by atoms with van der Waals surface area (Å²) in [6.45, 7) is 2.82. The van der Waals surface area contributed by atoms with Crippen LogP contribution in [0.1, 0.15) is 13.8 Å². The number of esters is 2. The lowest BCUT2D eigenvalue weighted by Crippen LogP contribution is -2.27. The second-order valence-corrected chi connectivity index (χ2v) is 2.49. The molecule has 0 aromatic rings. The van der Waals surface area contributed by atoms with Gasteiger partial charge < -0.3 is 14.2 Å². The standard InChI is InChI=1S/C8H14O5/c1-6(9)12-5-8(4-11-3)13-7(2)10/h8H,4-5H2,1-3H3/t8-/m0/s1. The smallest absolute Gasteiger partial charge is 0.303 e. The van der Waals surface area contributed by atoms with Crippen LogP contribution in [0.5, 0.6) is 0 Å². The SMILES string of the molecule is COC[C@@H](COC(C)=O)OC(C)=O. The van der Waals surface area contributed by atoms with Gasteiger partial charge in [-0.2, -0.15) is 0 Å². The molecular formula is C8H14O5. The van der Waals surface area contributed by atoms with Gasteiger partial charge in [0.2, 0.25) is 0 Å². The summed E-state index contributed by atoms with van der Waals surface area (Å²) in [5.41, 5.74) is 0. The topological polar surface area (TPSA) is 61.8 Å². The Kier molecular flexibility index (Phi) is 5.88. The van der Waals surface area contributed by atoms with Crippen LogP contribution in [0.2, 0.25) is 0 Å². The van der Waals surface area contributed by atoms with Gasteiger partial charge in [-0.3, -0.25) is 9.59 Å². The van der Waals surface area contributed by atoms with Gasteiger partial charge >= 0.3 is 11.9 Å². The Morgan fingerprint density at radius 2 is 1.77 bits per heavy atom. The van der Waals surface area contributed by atoms with Crippen LogP contribution in [-0.2, 0) is 23.8 Å². The molecule has 0 unspecified atom stereocenters. The van der Waals surface area contributed by atoms with Gasteiger partial charge in [0.05, 0.1) is 6.61 Å². The van der Waals surface area contributed by atoms with E-state index in [4.69, 9.17) is 9.47 Å². The lowest BCUT2D eigenvalue weighted by Gasteiger charge is -2.15. The lowest BCUT2D eigenvalue weighted by molar-refractivity contribution is -0.159. The summed E-state index contributed by atoms with van der Waals surface area (Å²) in [6.07, 6.45) is -0.522. The summed E-state index contributed by atoms with van der Waals surface area (Å²) < 4.78 is 14.2. The van der Waals surface area contributed by atoms with Gasteiger partial charge in [0, 0.05) is 21.0 Å². The Hall–Kier alpha value is -1.10. The zero-order valence-corrected chi connectivity index (χ0v) is 8.03. The summed E-state index contributed by atoms with van der Waals surface area (Å²) in [4.78, 5) is 21.0. The van der Waals surface area contributed by atoms with Crippen molar-refractivity contribution in [3.05, 3.63) is 0 Å². The molecule has 0 heterocycles. The number of carbonyl (C=O) groups is 2. The van der Waals surface area contributed by atoms with Crippen LogP contribution in [0.15, 0.2) is 0 Å². The van der Waals surface area contributed by atoms with E-state index in [1.165, 1.54) is 21.0 Å². The highest BCUT2D eigenvalue weighted by molar-refractivity contribution is 5.67. The molecule has 0 bridgehead atoms. The van der Waals surface area contributed by atoms with Crippen molar-refractivity contribution in [3.63, 3.8) is 0 Å². The molecule has 0 aliphatic carbocycles. The molecule has 0 rings (SSSR count). The van der Waals surface area contributed by atoms with Crippen molar-refractivity contribution in [1.29, 1.82) is 0 Å². The fourth-order valence-corrected chi connectivity index (χ4v) is 0.747. The number of hydrogen-bond acceptors (Lipinski definition) is 5. The van der Waals surface area contributed by atoms with Crippen molar-refractivity contribution in [2.24, 2.45) is 0 Å². The molecule has 1 atom stereocenters. The largest absolute Gasteiger partial charge is 0.462 e. The molecule has 0 aromatic heterocycles. The quantitative estimate of drug-likeness (QED) is 0.576. The first-order valence-corrected chi connectivity index (χ1v) is 3.85. The predicted octanol–water partition coefficient (Wildman–Crippen LogP) is 0.128. The maximum atomic E-state index is 10.6. The van der Waals surface area contributed by atoms with Crippen LogP contribution >= 0.6 is 0 Å². The van der Waals surface area contributed by atoms with Crippen LogP contribution in [-0.4, -0.2) is 38.4 Å². The third-order valence-electron chi connectivity index (χ3n) is 1.16. The first-order valence-electron chi connectivity index (χ1n) is 3.85. The van der Waals surface area contributed by atoms with Gasteiger partial charge in [-0.25, -0.2) is 0 Å². The van der Waals surface area contributed by atoms with Gasteiger partial charge in [-0.15, -0.1) is 0 Å². The van der Waals surface area contributed by atoms with Crippen molar-refractivity contribution < 1.29 is 23.8 Å². The van der Waals surface area contributed by atoms with Gasteiger partial charge in [-0.05, 0) is 0 Å². The zero-order valence-electron chi connectivity index (χ0n) is 8.03. The second kappa shape index (κ2) is 6.42. The monoisotopic (exact) mass is 190 g/mol. The van der Waals surface area contributed by atoms with Gasteiger partial charge in [-0.1, -0.05) is 0 Å². The van der Waals surface area contributed by atoms with Crippen molar-refractivity contribution >= 4 is 11.9 Å². The maximum Gasteiger partial charge on any atom is 0.303 e. The summed E-state index contributed by atoms with van der Waals surface area (Å²) in [6, 6.07) is 0. The third-order valence-corrected chi connectivity index (χ3v) is 1.16. The fourth-order valence-electron chi connectivity index (χ4n) is 0.747. The van der Waals surface area contributed by atoms with Crippen LogP contribution < -0.4 is 0 Å². The zero-order chi connectivity index (χ0) is 10.3. The maximum absolute atomic E-state index is 10.6. The van der Waals surface area contributed by atoms with E-state index in [9.17, 15) is 9.59 Å². The molecule has 0 radical (unpaired) electrons. The summed E-state index contributed by atoms with van der Waals surface area (Å²) in [7, 11) is 1.48.